The molecule has 1 saturated heterocycles. The van der Waals surface area contributed by atoms with E-state index in [0.29, 0.717) is 24.4 Å². The van der Waals surface area contributed by atoms with Gasteiger partial charge in [-0.3, -0.25) is 10.1 Å². The van der Waals surface area contributed by atoms with E-state index in [4.69, 9.17) is 9.37 Å². The molecule has 1 fully saturated rings. The normalized spacial score (nSPS) is 13.8. The van der Waals surface area contributed by atoms with E-state index >= 15 is 0 Å². The third-order valence-electron chi connectivity index (χ3n) is 5.65. The number of nitrogens with zero attached hydrogens (tertiary/aromatic N) is 6. The number of para-hydroxylation sites is 2. The van der Waals surface area contributed by atoms with Gasteiger partial charge < -0.3 is 19.9 Å². The minimum atomic E-state index is -0.485. The molecular weight excluding hydrogens is 426 g/mol. The number of pyridine rings is 1. The summed E-state index contributed by atoms with van der Waals surface area (Å²) in [5, 5.41) is 22.7. The van der Waals surface area contributed by atoms with Gasteiger partial charge in [-0.05, 0) is 40.6 Å². The van der Waals surface area contributed by atoms with Crippen LogP contribution in [-0.2, 0) is 0 Å². The molecule has 3 heterocycles. The number of hydrogen-bond acceptors (Lipinski definition) is 10. The Morgan fingerprint density at radius 3 is 2.39 bits per heavy atom. The van der Waals surface area contributed by atoms with Crippen molar-refractivity contribution in [2.45, 2.75) is 0 Å². The number of piperazine rings is 1. The van der Waals surface area contributed by atoms with E-state index in [2.05, 4.69) is 30.4 Å². The molecule has 11 heteroatoms. The van der Waals surface area contributed by atoms with Crippen molar-refractivity contribution < 1.29 is 14.3 Å². The van der Waals surface area contributed by atoms with E-state index in [1.54, 1.807) is 37.6 Å². The second-order valence-electron chi connectivity index (χ2n) is 7.50. The smallest absolute Gasteiger partial charge is 0.324 e. The topological polar surface area (TPSA) is 123 Å². The molecule has 0 radical (unpaired) electrons. The molecule has 0 saturated carbocycles. The first-order valence-corrected chi connectivity index (χ1v) is 10.4. The number of fused-ring (bicyclic) bond motifs is 1. The monoisotopic (exact) mass is 447 g/mol. The van der Waals surface area contributed by atoms with Crippen molar-refractivity contribution in [2.75, 3.05) is 48.4 Å². The molecule has 0 unspecified atom stereocenters. The van der Waals surface area contributed by atoms with Gasteiger partial charge in [0.1, 0.15) is 17.3 Å². The van der Waals surface area contributed by atoms with Gasteiger partial charge in [0.25, 0.3) is 0 Å². The van der Waals surface area contributed by atoms with Crippen LogP contribution < -0.4 is 19.9 Å². The zero-order valence-corrected chi connectivity index (χ0v) is 17.8. The molecule has 0 aliphatic carbocycles. The second kappa shape index (κ2) is 8.61. The molecule has 1 N–H and O–H groups in total. The number of benzene rings is 2. The first-order valence-electron chi connectivity index (χ1n) is 10.4. The highest BCUT2D eigenvalue weighted by atomic mass is 16.6. The van der Waals surface area contributed by atoms with E-state index in [0.717, 1.165) is 30.2 Å². The number of anilines is 4. The fourth-order valence-corrected chi connectivity index (χ4v) is 4.09. The zero-order chi connectivity index (χ0) is 22.8. The van der Waals surface area contributed by atoms with Crippen molar-refractivity contribution in [1.82, 2.24) is 15.3 Å². The Labute approximate surface area is 188 Å². The van der Waals surface area contributed by atoms with Crippen LogP contribution in [0.2, 0.25) is 0 Å². The second-order valence-corrected chi connectivity index (χ2v) is 7.50. The van der Waals surface area contributed by atoms with Crippen molar-refractivity contribution in [3.05, 3.63) is 64.8 Å². The van der Waals surface area contributed by atoms with E-state index in [-0.39, 0.29) is 16.9 Å². The highest BCUT2D eigenvalue weighted by Gasteiger charge is 2.29. The van der Waals surface area contributed by atoms with Gasteiger partial charge in [0.05, 0.1) is 23.4 Å². The van der Waals surface area contributed by atoms with Crippen LogP contribution in [0, 0.1) is 10.1 Å². The molecule has 2 aromatic carbocycles. The van der Waals surface area contributed by atoms with E-state index in [1.807, 2.05) is 24.3 Å². The summed E-state index contributed by atoms with van der Waals surface area (Å²) in [6.07, 6.45) is 1.61. The molecule has 1 aliphatic heterocycles. The van der Waals surface area contributed by atoms with Crippen LogP contribution in [0.1, 0.15) is 0 Å². The van der Waals surface area contributed by atoms with Crippen LogP contribution >= 0.6 is 0 Å². The van der Waals surface area contributed by atoms with Gasteiger partial charge in [-0.1, -0.05) is 18.2 Å². The van der Waals surface area contributed by atoms with Gasteiger partial charge in [0.15, 0.2) is 5.52 Å². The molecule has 4 aromatic rings. The number of nitro benzene ring substituents is 1. The van der Waals surface area contributed by atoms with Crippen LogP contribution in [0.5, 0.6) is 5.75 Å². The van der Waals surface area contributed by atoms with Crippen LogP contribution in [0.3, 0.4) is 0 Å². The fraction of sp³-hybridized carbons (Fsp3) is 0.227. The maximum absolute atomic E-state index is 11.9. The molecule has 11 nitrogen and oxygen atoms in total. The van der Waals surface area contributed by atoms with Crippen LogP contribution in [0.25, 0.3) is 11.0 Å². The molecule has 0 spiro atoms. The largest absolute Gasteiger partial charge is 0.495 e. The summed E-state index contributed by atoms with van der Waals surface area (Å²) < 4.78 is 10.4. The molecule has 0 bridgehead atoms. The number of rotatable bonds is 6. The Bertz CT molecular complexity index is 1290. The molecule has 0 amide bonds. The molecular formula is C22H21N7O4. The molecule has 33 heavy (non-hydrogen) atoms. The fourth-order valence-electron chi connectivity index (χ4n) is 4.09. The predicted octanol–water partition coefficient (Wildman–Crippen LogP) is 3.60. The standard InChI is InChI=1S/C22H21N7O4/c1-32-18-7-3-2-6-16(18)27-10-12-28(13-11-27)17-14-15(24-19-8-4-5-9-23-19)22(29(30)31)21-20(17)25-33-26-21/h2-9,14H,10-13H2,1H3,(H,23,24). The number of methoxy groups -OCH3 is 1. The van der Waals surface area contributed by atoms with E-state index in [1.165, 1.54) is 0 Å². The SMILES string of the molecule is COc1ccccc1N1CCN(c2cc(Nc3ccccn3)c([N+](=O)[O-])c3nonc23)CC1. The Balaban J connectivity index is 1.48. The van der Waals surface area contributed by atoms with Crippen molar-refractivity contribution in [1.29, 1.82) is 0 Å². The van der Waals surface area contributed by atoms with Crippen LogP contribution in [-0.4, -0.2) is 53.5 Å². The first-order chi connectivity index (χ1) is 16.2. The zero-order valence-electron chi connectivity index (χ0n) is 17.8. The van der Waals surface area contributed by atoms with Crippen LogP contribution in [0.4, 0.5) is 28.6 Å². The maximum atomic E-state index is 11.9. The highest BCUT2D eigenvalue weighted by Crippen LogP contribution is 2.40. The van der Waals surface area contributed by atoms with Crippen molar-refractivity contribution in [3.63, 3.8) is 0 Å². The van der Waals surface area contributed by atoms with E-state index in [9.17, 15) is 10.1 Å². The lowest BCUT2D eigenvalue weighted by molar-refractivity contribution is -0.382. The highest BCUT2D eigenvalue weighted by molar-refractivity contribution is 6.00. The Morgan fingerprint density at radius 2 is 1.70 bits per heavy atom. The maximum Gasteiger partial charge on any atom is 0.324 e. The summed E-state index contributed by atoms with van der Waals surface area (Å²) in [7, 11) is 1.66. The average molecular weight is 447 g/mol. The first kappa shape index (κ1) is 20.5. The van der Waals surface area contributed by atoms with Gasteiger partial charge in [0.2, 0.25) is 5.52 Å². The Morgan fingerprint density at radius 1 is 1.00 bits per heavy atom. The lowest BCUT2D eigenvalue weighted by atomic mass is 10.1. The summed E-state index contributed by atoms with van der Waals surface area (Å²) in [6, 6.07) is 14.9. The summed E-state index contributed by atoms with van der Waals surface area (Å²) in [4.78, 5) is 20.0. The minimum Gasteiger partial charge on any atom is -0.495 e. The van der Waals surface area contributed by atoms with Crippen molar-refractivity contribution in [3.8, 4) is 5.75 Å². The molecule has 2 aromatic heterocycles. The number of ether oxygens (including phenoxy) is 1. The lowest BCUT2D eigenvalue weighted by Gasteiger charge is -2.37. The molecule has 5 rings (SSSR count). The third-order valence-corrected chi connectivity index (χ3v) is 5.65. The third kappa shape index (κ3) is 3.84. The predicted molar refractivity (Wildman–Crippen MR) is 123 cm³/mol. The minimum absolute atomic E-state index is 0.100. The molecule has 168 valence electrons. The Kier molecular flexibility index (Phi) is 5.35. The number of nitrogens with one attached hydrogen (secondary N) is 1. The van der Waals surface area contributed by atoms with Crippen LogP contribution in [0.15, 0.2) is 59.4 Å². The summed E-state index contributed by atoms with van der Waals surface area (Å²) >= 11 is 0. The van der Waals surface area contributed by atoms with Crippen molar-refractivity contribution >= 4 is 39.6 Å². The summed E-state index contributed by atoms with van der Waals surface area (Å²) in [6.45, 7) is 2.85. The summed E-state index contributed by atoms with van der Waals surface area (Å²) in [5.74, 6) is 1.31. The van der Waals surface area contributed by atoms with Gasteiger partial charge in [-0.2, -0.15) is 0 Å². The van der Waals surface area contributed by atoms with Crippen molar-refractivity contribution in [2.24, 2.45) is 0 Å². The number of aromatic nitrogens is 3. The number of hydrogen-bond donors (Lipinski definition) is 1. The van der Waals surface area contributed by atoms with E-state index < -0.39 is 4.92 Å². The molecule has 0 atom stereocenters. The molecule has 1 aliphatic rings. The van der Waals surface area contributed by atoms with Gasteiger partial charge in [-0.25, -0.2) is 9.61 Å². The van der Waals surface area contributed by atoms with Gasteiger partial charge in [0, 0.05) is 32.4 Å². The number of nitro groups is 1. The lowest BCUT2D eigenvalue weighted by Crippen LogP contribution is -2.46. The quantitative estimate of drug-likeness (QED) is 0.346. The van der Waals surface area contributed by atoms with Gasteiger partial charge in [-0.15, -0.1) is 0 Å². The van der Waals surface area contributed by atoms with Gasteiger partial charge >= 0.3 is 5.69 Å². The summed E-state index contributed by atoms with van der Waals surface area (Å²) in [5.41, 5.74) is 2.29. The average Bonchev–Trinajstić information content (AvgIpc) is 3.33. The Hall–Kier alpha value is -4.41.